The Balaban J connectivity index is 2.30. The normalized spacial score (nSPS) is 22.5. The summed E-state index contributed by atoms with van der Waals surface area (Å²) >= 11 is 0. The van der Waals surface area contributed by atoms with Crippen molar-refractivity contribution in [1.82, 2.24) is 9.88 Å². The molecule has 9 heteroatoms. The monoisotopic (exact) mass is 318 g/mol. The number of carboxylic acids is 1. The van der Waals surface area contributed by atoms with Crippen LogP contribution < -0.4 is 0 Å². The van der Waals surface area contributed by atoms with Gasteiger partial charge in [-0.05, 0) is 19.1 Å². The lowest BCUT2D eigenvalue weighted by Crippen LogP contribution is -2.52. The molecule has 1 aromatic rings. The summed E-state index contributed by atoms with van der Waals surface area (Å²) in [6, 6.07) is 2.25. The zero-order valence-corrected chi connectivity index (χ0v) is 11.5. The second-order valence-electron chi connectivity index (χ2n) is 4.88. The van der Waals surface area contributed by atoms with Gasteiger partial charge in [-0.25, -0.2) is 4.79 Å². The van der Waals surface area contributed by atoms with Gasteiger partial charge in [0, 0.05) is 12.7 Å². The topological polar surface area (TPSA) is 79.7 Å². The molecule has 0 aliphatic carbocycles. The quantitative estimate of drug-likeness (QED) is 0.892. The van der Waals surface area contributed by atoms with Crippen molar-refractivity contribution in [2.45, 2.75) is 25.3 Å². The molecule has 120 valence electrons. The molecule has 0 bridgehead atoms. The third-order valence-corrected chi connectivity index (χ3v) is 3.13. The van der Waals surface area contributed by atoms with E-state index in [4.69, 9.17) is 9.84 Å². The fourth-order valence-electron chi connectivity index (χ4n) is 2.23. The molecule has 1 fully saturated rings. The molecule has 0 spiro atoms. The highest BCUT2D eigenvalue weighted by atomic mass is 19.4. The van der Waals surface area contributed by atoms with Crippen LogP contribution in [-0.4, -0.2) is 52.2 Å². The van der Waals surface area contributed by atoms with Crippen molar-refractivity contribution in [3.63, 3.8) is 0 Å². The molecule has 0 radical (unpaired) electrons. The Morgan fingerprint density at radius 3 is 2.68 bits per heavy atom. The fraction of sp³-hybridized carbons (Fsp3) is 0.462. The number of nitrogens with zero attached hydrogens (tertiary/aromatic N) is 2. The van der Waals surface area contributed by atoms with Crippen molar-refractivity contribution >= 4 is 11.9 Å². The molecule has 6 nitrogen and oxygen atoms in total. The largest absolute Gasteiger partial charge is 0.479 e. The molecular formula is C13H13F3N2O4. The van der Waals surface area contributed by atoms with Crippen molar-refractivity contribution in [3.8, 4) is 0 Å². The van der Waals surface area contributed by atoms with Gasteiger partial charge in [0.2, 0.25) is 0 Å². The number of morpholine rings is 1. The number of carbonyl (C=O) groups excluding carboxylic acids is 1. The van der Waals surface area contributed by atoms with E-state index >= 15 is 0 Å². The fourth-order valence-corrected chi connectivity index (χ4v) is 2.23. The number of amides is 1. The van der Waals surface area contributed by atoms with Crippen LogP contribution in [0.3, 0.4) is 0 Å². The van der Waals surface area contributed by atoms with Crippen molar-refractivity contribution in [2.75, 3.05) is 13.1 Å². The molecule has 2 heterocycles. The number of pyridine rings is 1. The van der Waals surface area contributed by atoms with Crippen molar-refractivity contribution in [1.29, 1.82) is 0 Å². The Bertz CT molecular complexity index is 591. The molecule has 1 amide bonds. The van der Waals surface area contributed by atoms with Crippen LogP contribution >= 0.6 is 0 Å². The molecule has 1 aliphatic rings. The Morgan fingerprint density at radius 1 is 1.41 bits per heavy atom. The highest BCUT2D eigenvalue weighted by Gasteiger charge is 2.40. The molecule has 22 heavy (non-hydrogen) atoms. The summed E-state index contributed by atoms with van der Waals surface area (Å²) in [4.78, 5) is 27.6. The Morgan fingerprint density at radius 2 is 2.09 bits per heavy atom. The number of hydrogen-bond acceptors (Lipinski definition) is 4. The number of alkyl halides is 3. The lowest BCUT2D eigenvalue weighted by atomic mass is 10.1. The average molecular weight is 318 g/mol. The smallest absolute Gasteiger partial charge is 0.434 e. The lowest BCUT2D eigenvalue weighted by molar-refractivity contribution is -0.160. The molecule has 2 atom stereocenters. The summed E-state index contributed by atoms with van der Waals surface area (Å²) in [6.45, 7) is 1.24. The van der Waals surface area contributed by atoms with Crippen LogP contribution in [0.4, 0.5) is 13.2 Å². The number of hydrogen-bond donors (Lipinski definition) is 1. The maximum atomic E-state index is 12.9. The van der Waals surface area contributed by atoms with E-state index in [0.717, 1.165) is 17.2 Å². The van der Waals surface area contributed by atoms with Gasteiger partial charge >= 0.3 is 12.1 Å². The molecule has 0 aromatic carbocycles. The summed E-state index contributed by atoms with van der Waals surface area (Å²) in [5.74, 6) is -2.19. The zero-order valence-electron chi connectivity index (χ0n) is 11.5. The van der Waals surface area contributed by atoms with E-state index in [1.807, 2.05) is 0 Å². The summed E-state index contributed by atoms with van der Waals surface area (Å²) in [5.41, 5.74) is -1.89. The maximum Gasteiger partial charge on any atom is 0.434 e. The van der Waals surface area contributed by atoms with Crippen molar-refractivity contribution < 1.29 is 32.6 Å². The molecule has 2 rings (SSSR count). The molecule has 1 aliphatic heterocycles. The molecule has 0 saturated carbocycles. The predicted molar refractivity (Wildman–Crippen MR) is 67.1 cm³/mol. The van der Waals surface area contributed by atoms with Crippen LogP contribution in [-0.2, 0) is 15.7 Å². The second kappa shape index (κ2) is 5.91. The first-order chi connectivity index (χ1) is 10.2. The third-order valence-electron chi connectivity index (χ3n) is 3.13. The van der Waals surface area contributed by atoms with E-state index in [2.05, 4.69) is 4.98 Å². The minimum atomic E-state index is -4.77. The average Bonchev–Trinajstić information content (AvgIpc) is 2.45. The SMILES string of the molecule is C[C@@H]1CN(C(=O)c2cccnc2C(F)(F)F)CC(C(=O)O)O1. The minimum Gasteiger partial charge on any atom is -0.479 e. The van der Waals surface area contributed by atoms with Gasteiger partial charge in [0.1, 0.15) is 0 Å². The first kappa shape index (κ1) is 16.2. The molecule has 1 aromatic heterocycles. The van der Waals surface area contributed by atoms with E-state index in [0.29, 0.717) is 0 Å². The number of carboxylic acid groups (broad SMARTS) is 1. The van der Waals surface area contributed by atoms with Crippen LogP contribution in [0.5, 0.6) is 0 Å². The Hall–Kier alpha value is -2.16. The van der Waals surface area contributed by atoms with Crippen LogP contribution in [0.15, 0.2) is 18.3 Å². The van der Waals surface area contributed by atoms with Crippen LogP contribution in [0.1, 0.15) is 23.0 Å². The van der Waals surface area contributed by atoms with Gasteiger partial charge in [0.15, 0.2) is 11.8 Å². The van der Waals surface area contributed by atoms with E-state index in [-0.39, 0.29) is 13.1 Å². The van der Waals surface area contributed by atoms with E-state index in [1.165, 1.54) is 6.07 Å². The second-order valence-corrected chi connectivity index (χ2v) is 4.88. The van der Waals surface area contributed by atoms with Crippen molar-refractivity contribution in [3.05, 3.63) is 29.6 Å². The number of rotatable bonds is 2. The van der Waals surface area contributed by atoms with Crippen LogP contribution in [0.25, 0.3) is 0 Å². The van der Waals surface area contributed by atoms with E-state index in [1.54, 1.807) is 6.92 Å². The molecule has 1 N–H and O–H groups in total. The lowest BCUT2D eigenvalue weighted by Gasteiger charge is -2.35. The summed E-state index contributed by atoms with van der Waals surface area (Å²) in [5, 5.41) is 8.95. The van der Waals surface area contributed by atoms with Gasteiger partial charge in [0.05, 0.1) is 18.2 Å². The standard InChI is InChI=1S/C13H13F3N2O4/c1-7-5-18(6-9(22-7)12(20)21)11(19)8-3-2-4-17-10(8)13(14,15)16/h2-4,7,9H,5-6H2,1H3,(H,20,21)/t7-,9?/m1/s1. The van der Waals surface area contributed by atoms with Crippen LogP contribution in [0.2, 0.25) is 0 Å². The highest BCUT2D eigenvalue weighted by molar-refractivity contribution is 5.95. The van der Waals surface area contributed by atoms with Gasteiger partial charge in [-0.2, -0.15) is 13.2 Å². The Kier molecular flexibility index (Phi) is 4.36. The van der Waals surface area contributed by atoms with Crippen LogP contribution in [0, 0.1) is 0 Å². The highest BCUT2D eigenvalue weighted by Crippen LogP contribution is 2.31. The van der Waals surface area contributed by atoms with Gasteiger partial charge < -0.3 is 14.7 Å². The molecular weight excluding hydrogens is 305 g/mol. The first-order valence-electron chi connectivity index (χ1n) is 6.40. The van der Waals surface area contributed by atoms with Gasteiger partial charge in [-0.3, -0.25) is 9.78 Å². The zero-order chi connectivity index (χ0) is 16.5. The number of carbonyl (C=O) groups is 2. The summed E-state index contributed by atoms with van der Waals surface area (Å²) in [7, 11) is 0. The van der Waals surface area contributed by atoms with Crippen molar-refractivity contribution in [2.24, 2.45) is 0 Å². The van der Waals surface area contributed by atoms with E-state index < -0.39 is 41.5 Å². The van der Waals surface area contributed by atoms with Gasteiger partial charge in [-0.15, -0.1) is 0 Å². The van der Waals surface area contributed by atoms with Gasteiger partial charge in [0.25, 0.3) is 5.91 Å². The van der Waals surface area contributed by atoms with Gasteiger partial charge in [-0.1, -0.05) is 0 Å². The number of aliphatic carboxylic acids is 1. The summed E-state index contributed by atoms with van der Waals surface area (Å²) < 4.78 is 43.8. The number of ether oxygens (including phenoxy) is 1. The minimum absolute atomic E-state index is 0.00873. The summed E-state index contributed by atoms with van der Waals surface area (Å²) in [6.07, 6.45) is -5.68. The maximum absolute atomic E-state index is 12.9. The third kappa shape index (κ3) is 3.35. The number of aromatic nitrogens is 1. The molecule has 1 saturated heterocycles. The number of halogens is 3. The van der Waals surface area contributed by atoms with E-state index in [9.17, 15) is 22.8 Å². The predicted octanol–water partition coefficient (Wildman–Crippen LogP) is 1.41. The molecule has 1 unspecified atom stereocenters. The Labute approximate surface area is 123 Å². The first-order valence-corrected chi connectivity index (χ1v) is 6.40.